The number of likely N-dealkylation sites (tertiary alicyclic amines) is 1. The number of nitrogens with one attached hydrogen (secondary N) is 4. The molecule has 1 aliphatic rings. The second kappa shape index (κ2) is 13.0. The molecule has 4 N–H and O–H groups in total. The van der Waals surface area contributed by atoms with Crippen LogP contribution in [0.25, 0.3) is 0 Å². The number of carbonyl (C=O) groups excluding carboxylic acids is 2. The molecule has 9 heteroatoms. The van der Waals surface area contributed by atoms with Crippen molar-refractivity contribution in [3.63, 3.8) is 0 Å². The van der Waals surface area contributed by atoms with Gasteiger partial charge in [-0.2, -0.15) is 0 Å². The molecule has 0 aromatic heterocycles. The lowest BCUT2D eigenvalue weighted by atomic mass is 10.0. The first-order valence-electron chi connectivity index (χ1n) is 11.7. The Balaban J connectivity index is 1.47. The van der Waals surface area contributed by atoms with E-state index in [1.54, 1.807) is 24.3 Å². The molecule has 3 rings (SSSR count). The van der Waals surface area contributed by atoms with Crippen molar-refractivity contribution >= 4 is 34.8 Å². The van der Waals surface area contributed by atoms with Crippen LogP contribution in [0.2, 0.25) is 0 Å². The third kappa shape index (κ3) is 7.50. The van der Waals surface area contributed by atoms with E-state index in [4.69, 9.17) is 12.2 Å². The van der Waals surface area contributed by atoms with Gasteiger partial charge in [0.15, 0.2) is 5.11 Å². The number of thiocarbonyl (C=S) groups is 1. The van der Waals surface area contributed by atoms with Crippen molar-refractivity contribution in [2.75, 3.05) is 31.5 Å². The molecule has 0 unspecified atom stereocenters. The summed E-state index contributed by atoms with van der Waals surface area (Å²) in [6.07, 6.45) is 5.44. The van der Waals surface area contributed by atoms with Crippen LogP contribution in [0.15, 0.2) is 42.5 Å². The number of anilines is 1. The van der Waals surface area contributed by atoms with E-state index in [0.29, 0.717) is 22.8 Å². The lowest BCUT2D eigenvalue weighted by Gasteiger charge is -2.26. The number of rotatable bonds is 8. The first-order chi connectivity index (χ1) is 16.5. The minimum Gasteiger partial charge on any atom is -0.361 e. The van der Waals surface area contributed by atoms with Gasteiger partial charge in [0.2, 0.25) is 0 Å². The molecule has 0 saturated carbocycles. The van der Waals surface area contributed by atoms with Crippen molar-refractivity contribution in [2.24, 2.45) is 0 Å². The smallest absolute Gasteiger partial charge is 0.269 e. The van der Waals surface area contributed by atoms with E-state index in [1.807, 2.05) is 6.92 Å². The standard InChI is InChI=1S/C25H32FN5O2S/c1-2-18-17-19(28-23(32)21-9-4-5-10-22(21)26)11-12-20(18)24(33)29-30-25(34)27-13-8-16-31-14-6-3-7-15-31/h4-5,9-12,17H,2-3,6-8,13-16H2,1H3,(H,28,32)(H,29,33)(H2,27,30,34). The fourth-order valence-electron chi connectivity index (χ4n) is 3.94. The summed E-state index contributed by atoms with van der Waals surface area (Å²) in [6.45, 7) is 6.03. The highest BCUT2D eigenvalue weighted by molar-refractivity contribution is 7.80. The van der Waals surface area contributed by atoms with E-state index in [-0.39, 0.29) is 11.5 Å². The van der Waals surface area contributed by atoms with Gasteiger partial charge in [-0.25, -0.2) is 4.39 Å². The second-order valence-electron chi connectivity index (χ2n) is 8.25. The molecule has 0 bridgehead atoms. The van der Waals surface area contributed by atoms with E-state index < -0.39 is 11.7 Å². The summed E-state index contributed by atoms with van der Waals surface area (Å²) in [5.41, 5.74) is 7.01. The van der Waals surface area contributed by atoms with Crippen LogP contribution in [-0.4, -0.2) is 48.0 Å². The van der Waals surface area contributed by atoms with Gasteiger partial charge in [0.25, 0.3) is 11.8 Å². The average Bonchev–Trinajstić information content (AvgIpc) is 2.86. The number of hydrogen-bond donors (Lipinski definition) is 4. The Bertz CT molecular complexity index is 1010. The Morgan fingerprint density at radius 3 is 2.50 bits per heavy atom. The number of halogens is 1. The molecule has 182 valence electrons. The Kier molecular flexibility index (Phi) is 9.78. The highest BCUT2D eigenvalue weighted by Gasteiger charge is 2.15. The molecule has 2 aromatic rings. The van der Waals surface area contributed by atoms with Crippen LogP contribution in [0.3, 0.4) is 0 Å². The number of hydrogen-bond acceptors (Lipinski definition) is 4. The van der Waals surface area contributed by atoms with E-state index in [9.17, 15) is 14.0 Å². The van der Waals surface area contributed by atoms with Gasteiger partial charge in [-0.15, -0.1) is 0 Å². The van der Waals surface area contributed by atoms with Crippen molar-refractivity contribution in [1.29, 1.82) is 0 Å². The highest BCUT2D eigenvalue weighted by atomic mass is 32.1. The van der Waals surface area contributed by atoms with Crippen molar-refractivity contribution in [1.82, 2.24) is 21.1 Å². The van der Waals surface area contributed by atoms with Crippen LogP contribution in [0.5, 0.6) is 0 Å². The minimum atomic E-state index is -0.589. The largest absolute Gasteiger partial charge is 0.361 e. The summed E-state index contributed by atoms with van der Waals surface area (Å²) in [7, 11) is 0. The second-order valence-corrected chi connectivity index (χ2v) is 8.66. The van der Waals surface area contributed by atoms with Gasteiger partial charge in [0, 0.05) is 17.8 Å². The number of hydrazine groups is 1. The van der Waals surface area contributed by atoms with Crippen molar-refractivity contribution in [2.45, 2.75) is 39.0 Å². The Hall–Kier alpha value is -3.04. The predicted molar refractivity (Wildman–Crippen MR) is 136 cm³/mol. The molecular formula is C25H32FN5O2S. The summed E-state index contributed by atoms with van der Waals surface area (Å²) < 4.78 is 13.9. The Morgan fingerprint density at radius 2 is 1.76 bits per heavy atom. The fourth-order valence-corrected chi connectivity index (χ4v) is 4.10. The zero-order chi connectivity index (χ0) is 24.3. The molecule has 1 fully saturated rings. The molecule has 34 heavy (non-hydrogen) atoms. The SMILES string of the molecule is CCc1cc(NC(=O)c2ccccc2F)ccc1C(=O)NNC(=S)NCCCN1CCCCC1. The van der Waals surface area contributed by atoms with Crippen LogP contribution < -0.4 is 21.5 Å². The number of benzene rings is 2. The fraction of sp³-hybridized carbons (Fsp3) is 0.400. The van der Waals surface area contributed by atoms with Crippen LogP contribution in [0, 0.1) is 5.82 Å². The summed E-state index contributed by atoms with van der Waals surface area (Å²) >= 11 is 5.25. The maximum absolute atomic E-state index is 13.9. The predicted octanol–water partition coefficient (Wildman–Crippen LogP) is 3.63. The van der Waals surface area contributed by atoms with Gasteiger partial charge in [0.05, 0.1) is 5.56 Å². The molecule has 0 spiro atoms. The molecule has 7 nitrogen and oxygen atoms in total. The van der Waals surface area contributed by atoms with Crippen LogP contribution in [0.4, 0.5) is 10.1 Å². The summed E-state index contributed by atoms with van der Waals surface area (Å²) in [5, 5.41) is 6.15. The van der Waals surface area contributed by atoms with Crippen molar-refractivity contribution in [3.8, 4) is 0 Å². The van der Waals surface area contributed by atoms with E-state index in [1.165, 1.54) is 50.6 Å². The van der Waals surface area contributed by atoms with Crippen molar-refractivity contribution in [3.05, 3.63) is 65.0 Å². The molecule has 0 radical (unpaired) electrons. The van der Waals surface area contributed by atoms with Crippen LogP contribution >= 0.6 is 12.2 Å². The third-order valence-electron chi connectivity index (χ3n) is 5.78. The highest BCUT2D eigenvalue weighted by Crippen LogP contribution is 2.18. The molecule has 2 amide bonds. The zero-order valence-electron chi connectivity index (χ0n) is 19.5. The quantitative estimate of drug-likeness (QED) is 0.260. The number of aryl methyl sites for hydroxylation is 1. The lowest BCUT2D eigenvalue weighted by molar-refractivity contribution is 0.0942. The number of carbonyl (C=O) groups is 2. The van der Waals surface area contributed by atoms with Crippen LogP contribution in [-0.2, 0) is 6.42 Å². The molecule has 1 saturated heterocycles. The van der Waals surface area contributed by atoms with Gasteiger partial charge in [-0.1, -0.05) is 25.5 Å². The number of piperidine rings is 1. The van der Waals surface area contributed by atoms with Gasteiger partial charge in [-0.05, 0) is 93.4 Å². The lowest BCUT2D eigenvalue weighted by Crippen LogP contribution is -2.47. The monoisotopic (exact) mass is 485 g/mol. The summed E-state index contributed by atoms with van der Waals surface area (Å²) in [6, 6.07) is 10.7. The minimum absolute atomic E-state index is 0.0384. The maximum atomic E-state index is 13.9. The topological polar surface area (TPSA) is 85.5 Å². The van der Waals surface area contributed by atoms with Gasteiger partial charge < -0.3 is 15.5 Å². The first kappa shape index (κ1) is 25.6. The summed E-state index contributed by atoms with van der Waals surface area (Å²) in [4.78, 5) is 27.5. The van der Waals surface area contributed by atoms with Crippen molar-refractivity contribution < 1.29 is 14.0 Å². The summed E-state index contributed by atoms with van der Waals surface area (Å²) in [5.74, 6) is -1.47. The number of amides is 2. The van der Waals surface area contributed by atoms with Gasteiger partial charge in [-0.3, -0.25) is 20.4 Å². The molecule has 0 aliphatic carbocycles. The molecule has 0 atom stereocenters. The zero-order valence-corrected chi connectivity index (χ0v) is 20.3. The Labute approximate surface area is 205 Å². The van der Waals surface area contributed by atoms with E-state index in [0.717, 1.165) is 25.1 Å². The number of nitrogens with zero attached hydrogens (tertiary/aromatic N) is 1. The maximum Gasteiger partial charge on any atom is 0.269 e. The van der Waals surface area contributed by atoms with Gasteiger partial charge in [0.1, 0.15) is 5.82 Å². The van der Waals surface area contributed by atoms with E-state index >= 15 is 0 Å². The molecule has 2 aromatic carbocycles. The van der Waals surface area contributed by atoms with Gasteiger partial charge >= 0.3 is 0 Å². The molecular weight excluding hydrogens is 453 g/mol. The van der Waals surface area contributed by atoms with Crippen LogP contribution in [0.1, 0.15) is 58.9 Å². The molecule has 1 heterocycles. The Morgan fingerprint density at radius 1 is 1.00 bits per heavy atom. The normalized spacial score (nSPS) is 13.7. The van der Waals surface area contributed by atoms with E-state index in [2.05, 4.69) is 26.4 Å². The average molecular weight is 486 g/mol. The molecule has 1 aliphatic heterocycles. The third-order valence-corrected chi connectivity index (χ3v) is 6.03. The first-order valence-corrected chi connectivity index (χ1v) is 12.1.